The first-order valence-corrected chi connectivity index (χ1v) is 9.30. The second-order valence-electron chi connectivity index (χ2n) is 6.84. The van der Waals surface area contributed by atoms with Crippen molar-refractivity contribution in [3.8, 4) is 11.5 Å². The number of fused-ring (bicyclic) bond motifs is 3. The zero-order valence-electron chi connectivity index (χ0n) is 16.1. The first-order chi connectivity index (χ1) is 14.5. The highest BCUT2D eigenvalue weighted by molar-refractivity contribution is 5.94. The summed E-state index contributed by atoms with van der Waals surface area (Å²) < 4.78 is 15.8. The molecule has 0 fully saturated rings. The number of rotatable bonds is 6. The highest BCUT2D eigenvalue weighted by Gasteiger charge is 2.20. The average molecular weight is 410 g/mol. The molecule has 30 heavy (non-hydrogen) atoms. The lowest BCUT2D eigenvalue weighted by Gasteiger charge is -2.10. The maximum absolute atomic E-state index is 12.2. The summed E-state index contributed by atoms with van der Waals surface area (Å²) in [6.07, 6.45) is 2.49. The van der Waals surface area contributed by atoms with Crippen molar-refractivity contribution in [3.05, 3.63) is 68.1 Å². The molecule has 9 heteroatoms. The molecule has 0 radical (unpaired) electrons. The second-order valence-corrected chi connectivity index (χ2v) is 6.84. The summed E-state index contributed by atoms with van der Waals surface area (Å²) in [5, 5.41) is 14.5. The fourth-order valence-electron chi connectivity index (χ4n) is 3.58. The van der Waals surface area contributed by atoms with Crippen LogP contribution in [0, 0.1) is 10.1 Å². The number of benzene rings is 2. The smallest absolute Gasteiger partial charge is 0.339 e. The van der Waals surface area contributed by atoms with Crippen molar-refractivity contribution in [1.82, 2.24) is 0 Å². The van der Waals surface area contributed by atoms with Crippen molar-refractivity contribution in [2.24, 2.45) is 0 Å². The maximum atomic E-state index is 12.2. The van der Waals surface area contributed by atoms with Gasteiger partial charge in [0.25, 0.3) is 11.6 Å². The van der Waals surface area contributed by atoms with Gasteiger partial charge in [-0.1, -0.05) is 0 Å². The van der Waals surface area contributed by atoms with Crippen molar-refractivity contribution >= 4 is 28.3 Å². The number of aryl methyl sites for hydroxylation is 1. The van der Waals surface area contributed by atoms with E-state index in [1.807, 2.05) is 6.07 Å². The number of carbonyl (C=O) groups is 1. The number of nitrogens with one attached hydrogen (secondary N) is 1. The number of ether oxygens (including phenoxy) is 2. The van der Waals surface area contributed by atoms with E-state index < -0.39 is 10.8 Å². The van der Waals surface area contributed by atoms with E-state index >= 15 is 0 Å². The summed E-state index contributed by atoms with van der Waals surface area (Å²) in [6.45, 7) is -0.371. The molecule has 0 saturated carbocycles. The minimum atomic E-state index is -0.608. The van der Waals surface area contributed by atoms with Gasteiger partial charge in [0.1, 0.15) is 22.8 Å². The van der Waals surface area contributed by atoms with Crippen molar-refractivity contribution in [2.75, 3.05) is 19.0 Å². The largest absolute Gasteiger partial charge is 0.496 e. The Labute approximate surface area is 170 Å². The first kappa shape index (κ1) is 19.4. The van der Waals surface area contributed by atoms with Gasteiger partial charge in [0, 0.05) is 17.0 Å². The van der Waals surface area contributed by atoms with E-state index in [1.54, 1.807) is 12.1 Å². The van der Waals surface area contributed by atoms with Crippen molar-refractivity contribution in [3.63, 3.8) is 0 Å². The Hall–Kier alpha value is -3.88. The molecule has 0 saturated heterocycles. The Kier molecular flexibility index (Phi) is 5.09. The highest BCUT2D eigenvalue weighted by Crippen LogP contribution is 2.30. The van der Waals surface area contributed by atoms with Crippen LogP contribution in [0.4, 0.5) is 11.4 Å². The molecule has 0 spiro atoms. The van der Waals surface area contributed by atoms with Gasteiger partial charge in [-0.3, -0.25) is 14.9 Å². The normalized spacial score (nSPS) is 12.4. The fourth-order valence-corrected chi connectivity index (χ4v) is 3.58. The number of hydrogen-bond acceptors (Lipinski definition) is 7. The lowest BCUT2D eigenvalue weighted by Crippen LogP contribution is -2.20. The van der Waals surface area contributed by atoms with Gasteiger partial charge in [-0.2, -0.15) is 0 Å². The highest BCUT2D eigenvalue weighted by atomic mass is 16.6. The molecule has 0 unspecified atom stereocenters. The minimum Gasteiger partial charge on any atom is -0.496 e. The van der Waals surface area contributed by atoms with E-state index in [0.717, 1.165) is 35.8 Å². The standard InChI is InChI=1S/C21H18N2O7/c1-28-12-6-8-17(18(9-12)23(26)27)22-20(24)11-29-13-5-7-15-14-3-2-4-16(14)21(25)30-19(15)10-13/h5-10H,2-4,11H2,1H3,(H,22,24). The predicted molar refractivity (Wildman–Crippen MR) is 108 cm³/mol. The number of anilines is 1. The Morgan fingerprint density at radius 3 is 2.70 bits per heavy atom. The lowest BCUT2D eigenvalue weighted by atomic mass is 10.1. The molecule has 0 aliphatic heterocycles. The van der Waals surface area contributed by atoms with Crippen molar-refractivity contribution < 1.29 is 23.6 Å². The van der Waals surface area contributed by atoms with Crippen LogP contribution in [0.3, 0.4) is 0 Å². The summed E-state index contributed by atoms with van der Waals surface area (Å²) >= 11 is 0. The van der Waals surface area contributed by atoms with Crippen LogP contribution in [0.25, 0.3) is 11.0 Å². The number of nitro benzene ring substituents is 1. The number of carbonyl (C=O) groups excluding carboxylic acids is 1. The molecule has 1 aliphatic rings. The van der Waals surface area contributed by atoms with Crippen LogP contribution in [-0.2, 0) is 17.6 Å². The molecular formula is C21H18N2O7. The zero-order chi connectivity index (χ0) is 21.3. The van der Waals surface area contributed by atoms with Gasteiger partial charge >= 0.3 is 5.63 Å². The molecule has 1 aromatic heterocycles. The summed E-state index contributed by atoms with van der Waals surface area (Å²) in [7, 11) is 1.39. The predicted octanol–water partition coefficient (Wildman–Crippen LogP) is 3.22. The van der Waals surface area contributed by atoms with E-state index in [0.29, 0.717) is 17.1 Å². The van der Waals surface area contributed by atoms with Crippen LogP contribution in [0.5, 0.6) is 11.5 Å². The van der Waals surface area contributed by atoms with Gasteiger partial charge < -0.3 is 19.2 Å². The van der Waals surface area contributed by atoms with Crippen molar-refractivity contribution in [1.29, 1.82) is 0 Å². The van der Waals surface area contributed by atoms with Crippen molar-refractivity contribution in [2.45, 2.75) is 19.3 Å². The quantitative estimate of drug-likeness (QED) is 0.376. The minimum absolute atomic E-state index is 0.0365. The molecule has 1 N–H and O–H groups in total. The Balaban J connectivity index is 1.48. The number of hydrogen-bond donors (Lipinski definition) is 1. The molecule has 4 rings (SSSR count). The van der Waals surface area contributed by atoms with Gasteiger partial charge in [-0.15, -0.1) is 0 Å². The van der Waals surface area contributed by atoms with Crippen LogP contribution in [0.1, 0.15) is 17.5 Å². The SMILES string of the molecule is COc1ccc(NC(=O)COc2ccc3c4c(c(=O)oc3c2)CCC4)c([N+](=O)[O-])c1. The number of nitro groups is 1. The van der Waals surface area contributed by atoms with E-state index in [-0.39, 0.29) is 23.6 Å². The molecule has 3 aromatic rings. The molecule has 1 heterocycles. The Morgan fingerprint density at radius 2 is 1.93 bits per heavy atom. The first-order valence-electron chi connectivity index (χ1n) is 9.30. The molecule has 154 valence electrons. The van der Waals surface area contributed by atoms with Crippen LogP contribution in [0.15, 0.2) is 45.6 Å². The van der Waals surface area contributed by atoms with E-state index in [2.05, 4.69) is 5.32 Å². The number of methoxy groups -OCH3 is 1. The molecule has 1 aliphatic carbocycles. The van der Waals surface area contributed by atoms with Gasteiger partial charge in [0.15, 0.2) is 6.61 Å². The lowest BCUT2D eigenvalue weighted by molar-refractivity contribution is -0.384. The third-order valence-corrected chi connectivity index (χ3v) is 4.99. The number of amides is 1. The maximum Gasteiger partial charge on any atom is 0.339 e. The van der Waals surface area contributed by atoms with Gasteiger partial charge in [0.05, 0.1) is 18.1 Å². The molecule has 0 atom stereocenters. The Morgan fingerprint density at radius 1 is 1.17 bits per heavy atom. The molecule has 0 bridgehead atoms. The zero-order valence-corrected chi connectivity index (χ0v) is 16.1. The second kappa shape index (κ2) is 7.86. The van der Waals surface area contributed by atoms with Gasteiger partial charge in [-0.25, -0.2) is 4.79 Å². The Bertz CT molecular complexity index is 1220. The van der Waals surface area contributed by atoms with Gasteiger partial charge in [-0.05, 0) is 49.1 Å². The summed E-state index contributed by atoms with van der Waals surface area (Å²) in [5.41, 5.74) is 1.56. The van der Waals surface area contributed by atoms with E-state index in [9.17, 15) is 19.7 Å². The molecule has 1 amide bonds. The third kappa shape index (κ3) is 3.69. The van der Waals surface area contributed by atoms with Crippen LogP contribution >= 0.6 is 0 Å². The fraction of sp³-hybridized carbons (Fsp3) is 0.238. The van der Waals surface area contributed by atoms with Crippen LogP contribution < -0.4 is 20.4 Å². The molecule has 2 aromatic carbocycles. The summed E-state index contributed by atoms with van der Waals surface area (Å²) in [4.78, 5) is 34.9. The monoisotopic (exact) mass is 410 g/mol. The molecule has 9 nitrogen and oxygen atoms in total. The third-order valence-electron chi connectivity index (χ3n) is 4.99. The average Bonchev–Trinajstić information content (AvgIpc) is 3.23. The van der Waals surface area contributed by atoms with E-state index in [1.165, 1.54) is 25.3 Å². The van der Waals surface area contributed by atoms with E-state index in [4.69, 9.17) is 13.9 Å². The summed E-state index contributed by atoms with van der Waals surface area (Å²) in [5.74, 6) is 0.0850. The van der Waals surface area contributed by atoms with Crippen LogP contribution in [-0.4, -0.2) is 24.5 Å². The van der Waals surface area contributed by atoms with Gasteiger partial charge in [0.2, 0.25) is 0 Å². The van der Waals surface area contributed by atoms with Crippen LogP contribution in [0.2, 0.25) is 0 Å². The number of nitrogens with zero attached hydrogens (tertiary/aromatic N) is 1. The summed E-state index contributed by atoms with van der Waals surface area (Å²) in [6, 6.07) is 9.19. The molecular weight excluding hydrogens is 392 g/mol. The topological polar surface area (TPSA) is 121 Å².